The lowest BCUT2D eigenvalue weighted by atomic mass is 10.2. The minimum absolute atomic E-state index is 0.0780. The lowest BCUT2D eigenvalue weighted by Crippen LogP contribution is -2.22. The van der Waals surface area contributed by atoms with Crippen LogP contribution < -0.4 is 5.32 Å². The van der Waals surface area contributed by atoms with Gasteiger partial charge in [-0.25, -0.2) is 0 Å². The van der Waals surface area contributed by atoms with Crippen molar-refractivity contribution in [3.8, 4) is 0 Å². The Hall–Kier alpha value is -2.16. The summed E-state index contributed by atoms with van der Waals surface area (Å²) in [6.45, 7) is 0.514. The zero-order chi connectivity index (χ0) is 11.2. The predicted molar refractivity (Wildman–Crippen MR) is 60.7 cm³/mol. The molecule has 0 saturated heterocycles. The number of nitrogens with zero attached hydrogens (tertiary/aromatic N) is 1. The van der Waals surface area contributed by atoms with Gasteiger partial charge in [0.2, 0.25) is 0 Å². The molecular weight excluding hydrogens is 200 g/mol. The molecule has 1 heterocycles. The number of amides is 1. The molecule has 0 saturated carbocycles. The van der Waals surface area contributed by atoms with Crippen molar-refractivity contribution in [3.63, 3.8) is 0 Å². The zero-order valence-corrected chi connectivity index (χ0v) is 8.68. The predicted octanol–water partition coefficient (Wildman–Crippen LogP) is 1.81. The van der Waals surface area contributed by atoms with E-state index in [2.05, 4.69) is 16.4 Å². The topological polar surface area (TPSA) is 42.0 Å². The molecule has 1 N–H and O–H groups in total. The highest BCUT2D eigenvalue weighted by Crippen LogP contribution is 1.99. The van der Waals surface area contributed by atoms with Crippen LogP contribution in [0.4, 0.5) is 0 Å². The summed E-state index contributed by atoms with van der Waals surface area (Å²) in [5, 5.41) is 2.83. The van der Waals surface area contributed by atoms with Crippen molar-refractivity contribution in [1.82, 2.24) is 10.3 Å². The molecule has 0 bridgehead atoms. The average molecular weight is 211 g/mol. The van der Waals surface area contributed by atoms with Crippen LogP contribution in [0.5, 0.6) is 0 Å². The third kappa shape index (κ3) is 2.67. The number of aromatic nitrogens is 1. The Balaban J connectivity index is 1.95. The van der Waals surface area contributed by atoms with E-state index in [1.165, 1.54) is 0 Å². The minimum atomic E-state index is -0.0780. The first kappa shape index (κ1) is 10.4. The van der Waals surface area contributed by atoms with Gasteiger partial charge >= 0.3 is 0 Å². The van der Waals surface area contributed by atoms with Crippen molar-refractivity contribution in [2.24, 2.45) is 0 Å². The SMILES string of the molecule is O=C(NCc1ccncc1)c1cc[c]cc1. The molecule has 0 unspecified atom stereocenters. The summed E-state index contributed by atoms with van der Waals surface area (Å²) in [5.74, 6) is -0.0780. The van der Waals surface area contributed by atoms with Crippen molar-refractivity contribution in [1.29, 1.82) is 0 Å². The van der Waals surface area contributed by atoms with Crippen LogP contribution in [-0.2, 0) is 6.54 Å². The molecule has 0 aliphatic rings. The van der Waals surface area contributed by atoms with Crippen LogP contribution in [0.25, 0.3) is 0 Å². The highest BCUT2D eigenvalue weighted by molar-refractivity contribution is 5.94. The molecule has 79 valence electrons. The normalized spacial score (nSPS) is 9.75. The maximum atomic E-state index is 11.7. The fourth-order valence-corrected chi connectivity index (χ4v) is 1.32. The summed E-state index contributed by atoms with van der Waals surface area (Å²) in [7, 11) is 0. The second-order valence-corrected chi connectivity index (χ2v) is 3.33. The fraction of sp³-hybridized carbons (Fsp3) is 0.0769. The van der Waals surface area contributed by atoms with Gasteiger partial charge in [0.25, 0.3) is 5.91 Å². The number of carbonyl (C=O) groups is 1. The second kappa shape index (κ2) is 5.07. The average Bonchev–Trinajstić information content (AvgIpc) is 2.38. The molecule has 2 aromatic rings. The summed E-state index contributed by atoms with van der Waals surface area (Å²) in [5.41, 5.74) is 1.68. The summed E-state index contributed by atoms with van der Waals surface area (Å²) in [4.78, 5) is 15.6. The van der Waals surface area contributed by atoms with E-state index in [0.29, 0.717) is 12.1 Å². The van der Waals surface area contributed by atoms with Gasteiger partial charge in [-0.1, -0.05) is 12.1 Å². The van der Waals surface area contributed by atoms with Gasteiger partial charge in [-0.2, -0.15) is 0 Å². The van der Waals surface area contributed by atoms with Crippen LogP contribution >= 0.6 is 0 Å². The van der Waals surface area contributed by atoms with Gasteiger partial charge in [-0.3, -0.25) is 9.78 Å². The van der Waals surface area contributed by atoms with Crippen LogP contribution in [-0.4, -0.2) is 10.9 Å². The van der Waals surface area contributed by atoms with Gasteiger partial charge in [0.1, 0.15) is 0 Å². The molecule has 3 nitrogen and oxygen atoms in total. The van der Waals surface area contributed by atoms with E-state index in [1.807, 2.05) is 12.1 Å². The number of carbonyl (C=O) groups excluding carboxylic acids is 1. The lowest BCUT2D eigenvalue weighted by Gasteiger charge is -2.04. The number of hydrogen-bond donors (Lipinski definition) is 1. The smallest absolute Gasteiger partial charge is 0.251 e. The Morgan fingerprint density at radius 3 is 2.56 bits per heavy atom. The molecule has 1 amide bonds. The Kier molecular flexibility index (Phi) is 3.28. The monoisotopic (exact) mass is 211 g/mol. The molecule has 1 radical (unpaired) electrons. The Bertz CT molecular complexity index is 454. The maximum Gasteiger partial charge on any atom is 0.251 e. The zero-order valence-electron chi connectivity index (χ0n) is 8.68. The molecule has 2 rings (SSSR count). The lowest BCUT2D eigenvalue weighted by molar-refractivity contribution is 0.0951. The summed E-state index contributed by atoms with van der Waals surface area (Å²) < 4.78 is 0. The molecule has 16 heavy (non-hydrogen) atoms. The summed E-state index contributed by atoms with van der Waals surface area (Å²) in [6, 6.07) is 13.5. The van der Waals surface area contributed by atoms with Crippen molar-refractivity contribution in [2.75, 3.05) is 0 Å². The second-order valence-electron chi connectivity index (χ2n) is 3.33. The molecule has 1 aromatic carbocycles. The van der Waals surface area contributed by atoms with Crippen molar-refractivity contribution < 1.29 is 4.79 Å². The molecule has 0 atom stereocenters. The minimum Gasteiger partial charge on any atom is -0.348 e. The molecule has 0 aliphatic heterocycles. The molecule has 0 spiro atoms. The van der Waals surface area contributed by atoms with Gasteiger partial charge < -0.3 is 5.32 Å². The summed E-state index contributed by atoms with van der Waals surface area (Å²) >= 11 is 0. The highest BCUT2D eigenvalue weighted by atomic mass is 16.1. The first-order chi connectivity index (χ1) is 7.86. The third-order valence-corrected chi connectivity index (χ3v) is 2.18. The van der Waals surface area contributed by atoms with E-state index in [4.69, 9.17) is 0 Å². The maximum absolute atomic E-state index is 11.7. The Labute approximate surface area is 94.1 Å². The van der Waals surface area contributed by atoms with Gasteiger partial charge in [0.15, 0.2) is 0 Å². The molecule has 0 aliphatic carbocycles. The quantitative estimate of drug-likeness (QED) is 0.841. The van der Waals surface area contributed by atoms with E-state index in [0.717, 1.165) is 5.56 Å². The molecule has 1 aromatic heterocycles. The van der Waals surface area contributed by atoms with Gasteiger partial charge in [0, 0.05) is 24.5 Å². The van der Waals surface area contributed by atoms with Crippen LogP contribution in [0.2, 0.25) is 0 Å². The first-order valence-electron chi connectivity index (χ1n) is 4.99. The standard InChI is InChI=1S/C13H11N2O/c16-13(12-4-2-1-3-5-12)15-10-11-6-8-14-9-7-11/h2-9H,10H2,(H,15,16). The van der Waals surface area contributed by atoms with E-state index >= 15 is 0 Å². The van der Waals surface area contributed by atoms with Crippen molar-refractivity contribution in [2.45, 2.75) is 6.54 Å². The van der Waals surface area contributed by atoms with Crippen LogP contribution in [0.15, 0.2) is 48.8 Å². The number of benzene rings is 1. The van der Waals surface area contributed by atoms with Crippen LogP contribution in [0.1, 0.15) is 15.9 Å². The Morgan fingerprint density at radius 2 is 1.88 bits per heavy atom. The third-order valence-electron chi connectivity index (χ3n) is 2.18. The van der Waals surface area contributed by atoms with Gasteiger partial charge in [-0.05, 0) is 35.9 Å². The van der Waals surface area contributed by atoms with Gasteiger partial charge in [-0.15, -0.1) is 0 Å². The Morgan fingerprint density at radius 1 is 1.19 bits per heavy atom. The van der Waals surface area contributed by atoms with E-state index in [-0.39, 0.29) is 5.91 Å². The van der Waals surface area contributed by atoms with Crippen LogP contribution in [0.3, 0.4) is 0 Å². The summed E-state index contributed by atoms with van der Waals surface area (Å²) in [6.07, 6.45) is 3.41. The fourth-order valence-electron chi connectivity index (χ4n) is 1.32. The van der Waals surface area contributed by atoms with E-state index in [1.54, 1.807) is 36.7 Å². The first-order valence-corrected chi connectivity index (χ1v) is 4.99. The van der Waals surface area contributed by atoms with Crippen molar-refractivity contribution >= 4 is 5.91 Å². The van der Waals surface area contributed by atoms with E-state index in [9.17, 15) is 4.79 Å². The van der Waals surface area contributed by atoms with Crippen LogP contribution in [0, 0.1) is 6.07 Å². The number of rotatable bonds is 3. The number of nitrogens with one attached hydrogen (secondary N) is 1. The van der Waals surface area contributed by atoms with Crippen molar-refractivity contribution in [3.05, 3.63) is 66.0 Å². The number of hydrogen-bond acceptors (Lipinski definition) is 2. The highest BCUT2D eigenvalue weighted by Gasteiger charge is 2.03. The molecule has 3 heteroatoms. The van der Waals surface area contributed by atoms with Gasteiger partial charge in [0.05, 0.1) is 0 Å². The van der Waals surface area contributed by atoms with E-state index < -0.39 is 0 Å². The molecular formula is C13H11N2O. The number of pyridine rings is 1. The molecule has 0 fully saturated rings. The largest absolute Gasteiger partial charge is 0.348 e.